The van der Waals surface area contributed by atoms with Gasteiger partial charge in [0.25, 0.3) is 0 Å². The van der Waals surface area contributed by atoms with E-state index in [1.165, 1.54) is 32.1 Å². The van der Waals surface area contributed by atoms with Crippen LogP contribution in [0.2, 0.25) is 0 Å². The van der Waals surface area contributed by atoms with Crippen molar-refractivity contribution in [3.05, 3.63) is 0 Å². The van der Waals surface area contributed by atoms with Crippen LogP contribution in [0.15, 0.2) is 0 Å². The van der Waals surface area contributed by atoms with E-state index in [0.29, 0.717) is 12.6 Å². The summed E-state index contributed by atoms with van der Waals surface area (Å²) in [6, 6.07) is 0.544. The highest BCUT2D eigenvalue weighted by atomic mass is 16.6. The van der Waals surface area contributed by atoms with E-state index in [-0.39, 0.29) is 6.09 Å². The molecule has 1 fully saturated rings. The molecular weight excluding hydrogens is 252 g/mol. The van der Waals surface area contributed by atoms with Gasteiger partial charge >= 0.3 is 6.09 Å². The number of amides is 1. The van der Waals surface area contributed by atoms with Crippen LogP contribution in [0.5, 0.6) is 0 Å². The second kappa shape index (κ2) is 7.87. The summed E-state index contributed by atoms with van der Waals surface area (Å²) < 4.78 is 5.33. The van der Waals surface area contributed by atoms with E-state index in [1.807, 2.05) is 20.8 Å². The molecule has 1 atom stereocenters. The van der Waals surface area contributed by atoms with E-state index >= 15 is 0 Å². The molecule has 20 heavy (non-hydrogen) atoms. The molecule has 0 radical (unpaired) electrons. The van der Waals surface area contributed by atoms with Gasteiger partial charge in [-0.3, -0.25) is 0 Å². The zero-order chi connectivity index (χ0) is 15.2. The molecule has 0 spiro atoms. The lowest BCUT2D eigenvalue weighted by molar-refractivity contribution is 0.0298. The SMILES string of the molecule is CC(NCCN(C)C(=O)OC(C)(C)C)C1CCCCC1. The van der Waals surface area contributed by atoms with Crippen molar-refractivity contribution < 1.29 is 9.53 Å². The van der Waals surface area contributed by atoms with Crippen molar-refractivity contribution in [3.63, 3.8) is 0 Å². The molecule has 1 unspecified atom stereocenters. The molecule has 1 rings (SSSR count). The van der Waals surface area contributed by atoms with Crippen LogP contribution in [-0.2, 0) is 4.74 Å². The average Bonchev–Trinajstić information content (AvgIpc) is 2.37. The van der Waals surface area contributed by atoms with Gasteiger partial charge in [-0.05, 0) is 46.5 Å². The largest absolute Gasteiger partial charge is 0.444 e. The van der Waals surface area contributed by atoms with Crippen molar-refractivity contribution in [1.82, 2.24) is 10.2 Å². The molecule has 0 aromatic carbocycles. The Balaban J connectivity index is 2.20. The summed E-state index contributed by atoms with van der Waals surface area (Å²) in [6.45, 7) is 9.45. The zero-order valence-corrected chi connectivity index (χ0v) is 13.9. The third kappa shape index (κ3) is 6.60. The molecule has 1 aliphatic carbocycles. The fourth-order valence-electron chi connectivity index (χ4n) is 2.69. The third-order valence-electron chi connectivity index (χ3n) is 3.98. The van der Waals surface area contributed by atoms with E-state index in [0.717, 1.165) is 12.5 Å². The van der Waals surface area contributed by atoms with Gasteiger partial charge in [-0.1, -0.05) is 19.3 Å². The summed E-state index contributed by atoms with van der Waals surface area (Å²) in [7, 11) is 1.79. The maximum atomic E-state index is 11.8. The van der Waals surface area contributed by atoms with E-state index in [1.54, 1.807) is 11.9 Å². The number of carbonyl (C=O) groups is 1. The molecular formula is C16H32N2O2. The predicted octanol–water partition coefficient (Wildman–Crippen LogP) is 3.41. The van der Waals surface area contributed by atoms with E-state index in [4.69, 9.17) is 4.74 Å². The molecule has 0 aromatic rings. The van der Waals surface area contributed by atoms with E-state index < -0.39 is 5.60 Å². The zero-order valence-electron chi connectivity index (χ0n) is 13.9. The van der Waals surface area contributed by atoms with Gasteiger partial charge in [-0.2, -0.15) is 0 Å². The first kappa shape index (κ1) is 17.3. The summed E-state index contributed by atoms with van der Waals surface area (Å²) in [5.41, 5.74) is -0.422. The molecule has 0 bridgehead atoms. The number of ether oxygens (including phenoxy) is 1. The monoisotopic (exact) mass is 284 g/mol. The highest BCUT2D eigenvalue weighted by Gasteiger charge is 2.21. The van der Waals surface area contributed by atoms with Crippen LogP contribution in [0.1, 0.15) is 59.8 Å². The minimum absolute atomic E-state index is 0.246. The van der Waals surface area contributed by atoms with Crippen molar-refractivity contribution in [2.45, 2.75) is 71.4 Å². The Morgan fingerprint density at radius 1 is 1.30 bits per heavy atom. The highest BCUT2D eigenvalue weighted by molar-refractivity contribution is 5.67. The van der Waals surface area contributed by atoms with Crippen LogP contribution in [-0.4, -0.2) is 42.8 Å². The second-order valence-electron chi connectivity index (χ2n) is 7.04. The molecule has 4 heteroatoms. The first-order chi connectivity index (χ1) is 9.29. The van der Waals surface area contributed by atoms with Gasteiger partial charge in [0.1, 0.15) is 5.60 Å². The summed E-state index contributed by atoms with van der Waals surface area (Å²) in [5.74, 6) is 0.801. The lowest BCUT2D eigenvalue weighted by Crippen LogP contribution is -2.41. The Kier molecular flexibility index (Phi) is 6.80. The maximum absolute atomic E-state index is 11.8. The molecule has 0 heterocycles. The van der Waals surface area contributed by atoms with Crippen LogP contribution >= 0.6 is 0 Å². The Hall–Kier alpha value is -0.770. The van der Waals surface area contributed by atoms with Crippen molar-refractivity contribution in [2.24, 2.45) is 5.92 Å². The molecule has 1 aliphatic rings. The Morgan fingerprint density at radius 2 is 1.90 bits per heavy atom. The lowest BCUT2D eigenvalue weighted by Gasteiger charge is -2.29. The van der Waals surface area contributed by atoms with Crippen molar-refractivity contribution in [2.75, 3.05) is 20.1 Å². The minimum Gasteiger partial charge on any atom is -0.444 e. The first-order valence-electron chi connectivity index (χ1n) is 7.97. The van der Waals surface area contributed by atoms with Gasteiger partial charge in [0.2, 0.25) is 0 Å². The fraction of sp³-hybridized carbons (Fsp3) is 0.938. The number of hydrogen-bond acceptors (Lipinski definition) is 3. The Labute approximate surface area is 124 Å². The normalized spacial score (nSPS) is 18.6. The molecule has 0 aliphatic heterocycles. The first-order valence-corrected chi connectivity index (χ1v) is 7.97. The molecule has 1 amide bonds. The van der Waals surface area contributed by atoms with Gasteiger partial charge in [-0.15, -0.1) is 0 Å². The van der Waals surface area contributed by atoms with E-state index in [2.05, 4.69) is 12.2 Å². The number of hydrogen-bond donors (Lipinski definition) is 1. The van der Waals surface area contributed by atoms with E-state index in [9.17, 15) is 4.79 Å². The molecule has 0 aromatic heterocycles. The number of likely N-dealkylation sites (N-methyl/N-ethyl adjacent to an activating group) is 1. The van der Waals surface area contributed by atoms with Crippen LogP contribution < -0.4 is 5.32 Å². The molecule has 0 saturated heterocycles. The number of rotatable bonds is 5. The van der Waals surface area contributed by atoms with Gasteiger partial charge in [-0.25, -0.2) is 4.79 Å². The summed E-state index contributed by atoms with van der Waals surface area (Å²) in [4.78, 5) is 13.5. The van der Waals surface area contributed by atoms with Gasteiger partial charge < -0.3 is 15.0 Å². The lowest BCUT2D eigenvalue weighted by atomic mass is 9.84. The molecule has 1 saturated carbocycles. The Morgan fingerprint density at radius 3 is 2.45 bits per heavy atom. The second-order valence-corrected chi connectivity index (χ2v) is 7.04. The van der Waals surface area contributed by atoms with Gasteiger partial charge in [0.05, 0.1) is 0 Å². The minimum atomic E-state index is -0.422. The van der Waals surface area contributed by atoms with Crippen LogP contribution in [0.4, 0.5) is 4.79 Å². The average molecular weight is 284 g/mol. The predicted molar refractivity (Wildman–Crippen MR) is 82.9 cm³/mol. The third-order valence-corrected chi connectivity index (χ3v) is 3.98. The van der Waals surface area contributed by atoms with Crippen LogP contribution in [0, 0.1) is 5.92 Å². The smallest absolute Gasteiger partial charge is 0.410 e. The highest BCUT2D eigenvalue weighted by Crippen LogP contribution is 2.26. The van der Waals surface area contributed by atoms with Crippen molar-refractivity contribution in [1.29, 1.82) is 0 Å². The quantitative estimate of drug-likeness (QED) is 0.841. The van der Waals surface area contributed by atoms with Crippen molar-refractivity contribution >= 4 is 6.09 Å². The van der Waals surface area contributed by atoms with Gasteiger partial charge in [0, 0.05) is 26.2 Å². The fourth-order valence-corrected chi connectivity index (χ4v) is 2.69. The number of nitrogens with zero attached hydrogens (tertiary/aromatic N) is 1. The summed E-state index contributed by atoms with van der Waals surface area (Å²) in [5, 5.41) is 3.55. The maximum Gasteiger partial charge on any atom is 0.410 e. The molecule has 4 nitrogen and oxygen atoms in total. The standard InChI is InChI=1S/C16H32N2O2/c1-13(14-9-7-6-8-10-14)17-11-12-18(5)15(19)20-16(2,3)4/h13-14,17H,6-12H2,1-5H3. The summed E-state index contributed by atoms with van der Waals surface area (Å²) in [6.07, 6.45) is 6.57. The summed E-state index contributed by atoms with van der Waals surface area (Å²) >= 11 is 0. The van der Waals surface area contributed by atoms with Gasteiger partial charge in [0.15, 0.2) is 0 Å². The van der Waals surface area contributed by atoms with Crippen LogP contribution in [0.25, 0.3) is 0 Å². The number of nitrogens with one attached hydrogen (secondary N) is 1. The van der Waals surface area contributed by atoms with Crippen molar-refractivity contribution in [3.8, 4) is 0 Å². The molecule has 118 valence electrons. The number of carbonyl (C=O) groups excluding carboxylic acids is 1. The topological polar surface area (TPSA) is 41.6 Å². The van der Waals surface area contributed by atoms with Crippen LogP contribution in [0.3, 0.4) is 0 Å². The molecule has 1 N–H and O–H groups in total. The Bertz CT molecular complexity index is 293.